The molecular weight excluding hydrogens is 414 g/mol. The van der Waals surface area contributed by atoms with Crippen LogP contribution in [0.25, 0.3) is 11.6 Å². The van der Waals surface area contributed by atoms with E-state index in [1.165, 1.54) is 5.56 Å². The molecule has 0 aliphatic rings. The number of hydrogen-bond acceptors (Lipinski definition) is 3. The average Bonchev–Trinajstić information content (AvgIpc) is 2.72. The van der Waals surface area contributed by atoms with Crippen molar-refractivity contribution in [1.29, 1.82) is 5.26 Å². The van der Waals surface area contributed by atoms with Crippen molar-refractivity contribution in [1.82, 2.24) is 0 Å². The van der Waals surface area contributed by atoms with Crippen molar-refractivity contribution in [3.8, 4) is 17.6 Å². The third-order valence-corrected chi connectivity index (χ3v) is 4.82. The van der Waals surface area contributed by atoms with Gasteiger partial charge in [0.1, 0.15) is 6.61 Å². The van der Waals surface area contributed by atoms with E-state index in [4.69, 9.17) is 9.47 Å². The van der Waals surface area contributed by atoms with E-state index in [0.29, 0.717) is 23.7 Å². The molecule has 3 aromatic carbocycles. The van der Waals surface area contributed by atoms with E-state index >= 15 is 0 Å². The highest BCUT2D eigenvalue weighted by atomic mass is 79.9. The minimum atomic E-state index is 0.466. The summed E-state index contributed by atoms with van der Waals surface area (Å²) < 4.78 is 12.4. The summed E-state index contributed by atoms with van der Waals surface area (Å²) in [6.45, 7) is 2.53. The predicted octanol–water partition coefficient (Wildman–Crippen LogP) is 6.41. The molecule has 0 N–H and O–H groups in total. The van der Waals surface area contributed by atoms with Crippen molar-refractivity contribution in [2.24, 2.45) is 0 Å². The minimum absolute atomic E-state index is 0.466. The molecule has 0 spiro atoms. The molecule has 0 aliphatic carbocycles. The van der Waals surface area contributed by atoms with Crippen LogP contribution in [0.2, 0.25) is 0 Å². The highest BCUT2D eigenvalue weighted by Crippen LogP contribution is 2.30. The molecule has 28 heavy (non-hydrogen) atoms. The molecule has 140 valence electrons. The second-order valence-corrected chi connectivity index (χ2v) is 7.28. The highest BCUT2D eigenvalue weighted by molar-refractivity contribution is 9.10. The Morgan fingerprint density at radius 1 is 1.00 bits per heavy atom. The van der Waals surface area contributed by atoms with Crippen molar-refractivity contribution in [3.63, 3.8) is 0 Å². The van der Waals surface area contributed by atoms with E-state index in [2.05, 4.69) is 53.2 Å². The fourth-order valence-corrected chi connectivity index (χ4v) is 2.98. The predicted molar refractivity (Wildman–Crippen MR) is 116 cm³/mol. The van der Waals surface area contributed by atoms with Crippen LogP contribution in [0, 0.1) is 18.3 Å². The van der Waals surface area contributed by atoms with Crippen LogP contribution in [0.3, 0.4) is 0 Å². The number of nitriles is 1. The summed E-state index contributed by atoms with van der Waals surface area (Å²) in [5.74, 6) is 1.30. The number of aryl methyl sites for hydroxylation is 1. The van der Waals surface area contributed by atoms with Gasteiger partial charge in [-0.1, -0.05) is 64.0 Å². The molecular formula is C24H20BrNO2. The maximum Gasteiger partial charge on any atom is 0.161 e. The largest absolute Gasteiger partial charge is 0.493 e. The van der Waals surface area contributed by atoms with Crippen LogP contribution in [-0.2, 0) is 6.61 Å². The van der Waals surface area contributed by atoms with Gasteiger partial charge in [-0.05, 0) is 54.0 Å². The Labute approximate surface area is 174 Å². The number of rotatable bonds is 6. The van der Waals surface area contributed by atoms with Gasteiger partial charge in [-0.3, -0.25) is 0 Å². The molecule has 3 aromatic rings. The normalized spacial score (nSPS) is 11.0. The van der Waals surface area contributed by atoms with Gasteiger partial charge in [0.05, 0.1) is 18.8 Å². The van der Waals surface area contributed by atoms with Crippen molar-refractivity contribution in [3.05, 3.63) is 93.5 Å². The summed E-state index contributed by atoms with van der Waals surface area (Å²) >= 11 is 3.41. The van der Waals surface area contributed by atoms with Crippen molar-refractivity contribution >= 4 is 27.6 Å². The molecule has 4 heteroatoms. The van der Waals surface area contributed by atoms with Gasteiger partial charge in [0.25, 0.3) is 0 Å². The summed E-state index contributed by atoms with van der Waals surface area (Å²) in [5, 5.41) is 9.53. The summed E-state index contributed by atoms with van der Waals surface area (Å²) in [7, 11) is 1.61. The maximum absolute atomic E-state index is 9.53. The molecule has 0 bridgehead atoms. The quantitative estimate of drug-likeness (QED) is 0.333. The van der Waals surface area contributed by atoms with Gasteiger partial charge >= 0.3 is 0 Å². The van der Waals surface area contributed by atoms with Gasteiger partial charge in [0.15, 0.2) is 11.5 Å². The lowest BCUT2D eigenvalue weighted by Gasteiger charge is -2.12. The smallest absolute Gasteiger partial charge is 0.161 e. The number of nitrogens with zero attached hydrogens (tertiary/aromatic N) is 1. The molecule has 0 aliphatic heterocycles. The van der Waals surface area contributed by atoms with E-state index in [0.717, 1.165) is 21.2 Å². The summed E-state index contributed by atoms with van der Waals surface area (Å²) in [6.07, 6.45) is 1.84. The Hall–Kier alpha value is -3.03. The number of ether oxygens (including phenoxy) is 2. The third kappa shape index (κ3) is 5.03. The second kappa shape index (κ2) is 9.25. The molecule has 0 saturated carbocycles. The van der Waals surface area contributed by atoms with Crippen LogP contribution in [0.4, 0.5) is 0 Å². The third-order valence-electron chi connectivity index (χ3n) is 4.29. The number of methoxy groups -OCH3 is 1. The van der Waals surface area contributed by atoms with E-state index in [1.54, 1.807) is 7.11 Å². The fraction of sp³-hybridized carbons (Fsp3) is 0.125. The molecule has 0 unspecified atom stereocenters. The van der Waals surface area contributed by atoms with Crippen LogP contribution in [0.15, 0.2) is 71.2 Å². The SMILES string of the molecule is COc1cc(/C=C(\C#N)c2ccc(Br)cc2)ccc1OCc1ccc(C)cc1. The molecule has 3 rings (SSSR count). The Bertz CT molecular complexity index is 1020. The number of allylic oxidation sites excluding steroid dienone is 1. The Morgan fingerprint density at radius 3 is 2.36 bits per heavy atom. The van der Waals surface area contributed by atoms with Crippen molar-refractivity contribution < 1.29 is 9.47 Å². The summed E-state index contributed by atoms with van der Waals surface area (Å²) in [4.78, 5) is 0. The van der Waals surface area contributed by atoms with Crippen LogP contribution < -0.4 is 9.47 Å². The number of halogens is 1. The lowest BCUT2D eigenvalue weighted by Crippen LogP contribution is -1.98. The van der Waals surface area contributed by atoms with Gasteiger partial charge in [0, 0.05) is 4.47 Å². The highest BCUT2D eigenvalue weighted by Gasteiger charge is 2.07. The standard InChI is InChI=1S/C24H20BrNO2/c1-17-3-5-18(6-4-17)16-28-23-12-7-19(14-24(23)27-2)13-21(15-26)20-8-10-22(25)11-9-20/h3-14H,16H2,1-2H3/b21-13+. The molecule has 0 heterocycles. The molecule has 0 atom stereocenters. The number of benzene rings is 3. The molecule has 0 saturated heterocycles. The van der Waals surface area contributed by atoms with E-state index in [9.17, 15) is 5.26 Å². The van der Waals surface area contributed by atoms with Crippen molar-refractivity contribution in [2.45, 2.75) is 13.5 Å². The zero-order valence-electron chi connectivity index (χ0n) is 15.8. The number of hydrogen-bond donors (Lipinski definition) is 0. The monoisotopic (exact) mass is 433 g/mol. The van der Waals surface area contributed by atoms with Crippen LogP contribution in [0.5, 0.6) is 11.5 Å². The average molecular weight is 434 g/mol. The molecule has 0 aromatic heterocycles. The molecule has 0 fully saturated rings. The lowest BCUT2D eigenvalue weighted by atomic mass is 10.0. The summed E-state index contributed by atoms with van der Waals surface area (Å²) in [6, 6.07) is 23.8. The van der Waals surface area contributed by atoms with E-state index < -0.39 is 0 Å². The van der Waals surface area contributed by atoms with Gasteiger partial charge in [0.2, 0.25) is 0 Å². The van der Waals surface area contributed by atoms with Gasteiger partial charge in [-0.2, -0.15) is 5.26 Å². The van der Waals surface area contributed by atoms with Crippen LogP contribution >= 0.6 is 15.9 Å². The Morgan fingerprint density at radius 2 is 1.71 bits per heavy atom. The van der Waals surface area contributed by atoms with Gasteiger partial charge in [-0.15, -0.1) is 0 Å². The first kappa shape index (κ1) is 19.7. The Kier molecular flexibility index (Phi) is 6.52. The Balaban J connectivity index is 1.80. The first-order chi connectivity index (χ1) is 13.6. The molecule has 0 radical (unpaired) electrons. The zero-order valence-corrected chi connectivity index (χ0v) is 17.4. The van der Waals surface area contributed by atoms with Crippen LogP contribution in [0.1, 0.15) is 22.3 Å². The summed E-state index contributed by atoms with van der Waals surface area (Å²) in [5.41, 5.74) is 4.64. The second-order valence-electron chi connectivity index (χ2n) is 6.36. The van der Waals surface area contributed by atoms with Crippen LogP contribution in [-0.4, -0.2) is 7.11 Å². The van der Waals surface area contributed by atoms with E-state index in [1.807, 2.05) is 48.5 Å². The molecule has 0 amide bonds. The van der Waals surface area contributed by atoms with E-state index in [-0.39, 0.29) is 0 Å². The zero-order chi connectivity index (χ0) is 19.9. The van der Waals surface area contributed by atoms with Gasteiger partial charge < -0.3 is 9.47 Å². The first-order valence-electron chi connectivity index (χ1n) is 8.83. The first-order valence-corrected chi connectivity index (χ1v) is 9.62. The lowest BCUT2D eigenvalue weighted by molar-refractivity contribution is 0.284. The topological polar surface area (TPSA) is 42.2 Å². The van der Waals surface area contributed by atoms with Gasteiger partial charge in [-0.25, -0.2) is 0 Å². The molecule has 3 nitrogen and oxygen atoms in total. The fourth-order valence-electron chi connectivity index (χ4n) is 2.71. The minimum Gasteiger partial charge on any atom is -0.493 e. The van der Waals surface area contributed by atoms with Crippen molar-refractivity contribution in [2.75, 3.05) is 7.11 Å². The maximum atomic E-state index is 9.53.